The number of hydrogen-bond donors (Lipinski definition) is 6. The third-order valence-electron chi connectivity index (χ3n) is 8.47. The van der Waals surface area contributed by atoms with E-state index in [2.05, 4.69) is 13.2 Å². The second-order valence-corrected chi connectivity index (χ2v) is 11.0. The standard InChI is InChI=1S/C29H36N2O7/c1-8-9-14-10-15(11(2)3)23(32)19-16(14)12(4)17-20(24(19)33)27(36)29(38)13(5)18(28(30)37)26(35)22(31(6)7)21(29)25(17)34/h10,12,17,21-22,25,32-35,38H,2,5,8-9H2,1,3-4,6-7H3,(H2,30,37)/t12-,17+,21+,22-,25-,29-/m0/s1. The number of nitrogens with two attached hydrogens (primary N) is 1. The maximum Gasteiger partial charge on any atom is 0.252 e. The first kappa shape index (κ1) is 27.6. The highest BCUT2D eigenvalue weighted by atomic mass is 16.3. The van der Waals surface area contributed by atoms with Crippen molar-refractivity contribution in [1.29, 1.82) is 0 Å². The lowest BCUT2D eigenvalue weighted by molar-refractivity contribution is -0.158. The van der Waals surface area contributed by atoms with Crippen molar-refractivity contribution in [3.8, 4) is 5.75 Å². The van der Waals surface area contributed by atoms with Crippen LogP contribution in [0.3, 0.4) is 0 Å². The predicted molar refractivity (Wildman–Crippen MR) is 143 cm³/mol. The summed E-state index contributed by atoms with van der Waals surface area (Å²) in [5, 5.41) is 57.7. The van der Waals surface area contributed by atoms with Gasteiger partial charge in [0.05, 0.1) is 23.3 Å². The number of phenolic OH excluding ortho intramolecular Hbond substituents is 1. The van der Waals surface area contributed by atoms with Crippen molar-refractivity contribution in [2.45, 2.75) is 57.3 Å². The number of likely N-dealkylation sites (N-methyl/N-ethyl adjacent to an activating group) is 1. The van der Waals surface area contributed by atoms with E-state index in [4.69, 9.17) is 5.73 Å². The molecule has 1 amide bonds. The molecule has 204 valence electrons. The number of nitrogens with zero attached hydrogens (tertiary/aromatic N) is 1. The molecule has 1 saturated carbocycles. The highest BCUT2D eigenvalue weighted by molar-refractivity contribution is 6.14. The van der Waals surface area contributed by atoms with Crippen molar-refractivity contribution in [2.24, 2.45) is 17.6 Å². The van der Waals surface area contributed by atoms with E-state index < -0.39 is 69.9 Å². The number of ketones is 1. The molecule has 9 heteroatoms. The summed E-state index contributed by atoms with van der Waals surface area (Å²) in [4.78, 5) is 28.0. The summed E-state index contributed by atoms with van der Waals surface area (Å²) in [7, 11) is 3.15. The molecule has 1 aromatic carbocycles. The van der Waals surface area contributed by atoms with Crippen LogP contribution < -0.4 is 5.73 Å². The molecule has 9 nitrogen and oxygen atoms in total. The monoisotopic (exact) mass is 524 g/mol. The second-order valence-electron chi connectivity index (χ2n) is 11.0. The zero-order valence-corrected chi connectivity index (χ0v) is 22.4. The predicted octanol–water partition coefficient (Wildman–Crippen LogP) is 2.47. The molecule has 3 aliphatic carbocycles. The molecule has 1 aromatic rings. The fourth-order valence-electron chi connectivity index (χ4n) is 6.84. The number of Topliss-reactive ketones (excluding diaryl/α,β-unsaturated/α-hetero) is 1. The van der Waals surface area contributed by atoms with Gasteiger partial charge in [0.15, 0.2) is 11.4 Å². The highest BCUT2D eigenvalue weighted by Crippen LogP contribution is 2.58. The fourth-order valence-corrected chi connectivity index (χ4v) is 6.84. The molecule has 0 unspecified atom stereocenters. The summed E-state index contributed by atoms with van der Waals surface area (Å²) in [5.41, 5.74) is 4.22. The van der Waals surface area contributed by atoms with Crippen LogP contribution in [0.1, 0.15) is 55.4 Å². The van der Waals surface area contributed by atoms with Crippen LogP contribution in [0.2, 0.25) is 0 Å². The van der Waals surface area contributed by atoms with Crippen LogP contribution in [-0.2, 0) is 16.0 Å². The average Bonchev–Trinajstić information content (AvgIpc) is 2.81. The number of amides is 1. The number of primary amides is 1. The van der Waals surface area contributed by atoms with E-state index in [1.807, 2.05) is 13.0 Å². The summed E-state index contributed by atoms with van der Waals surface area (Å²) < 4.78 is 0. The van der Waals surface area contributed by atoms with Gasteiger partial charge in [-0.25, -0.2) is 0 Å². The number of phenols is 1. The Balaban J connectivity index is 2.09. The number of fused-ring (bicyclic) bond motifs is 3. The van der Waals surface area contributed by atoms with E-state index in [1.54, 1.807) is 27.9 Å². The Bertz CT molecular complexity index is 1350. The Morgan fingerprint density at radius 3 is 2.34 bits per heavy atom. The minimum Gasteiger partial charge on any atom is -0.510 e. The molecular formula is C29H36N2O7. The summed E-state index contributed by atoms with van der Waals surface area (Å²) in [6.45, 7) is 13.2. The quantitative estimate of drug-likeness (QED) is 0.342. The van der Waals surface area contributed by atoms with Crippen molar-refractivity contribution in [1.82, 2.24) is 4.90 Å². The van der Waals surface area contributed by atoms with Crippen molar-refractivity contribution in [2.75, 3.05) is 14.1 Å². The molecule has 3 aliphatic rings. The van der Waals surface area contributed by atoms with Gasteiger partial charge >= 0.3 is 0 Å². The van der Waals surface area contributed by atoms with Crippen molar-refractivity contribution < 1.29 is 35.1 Å². The first-order chi connectivity index (χ1) is 17.6. The zero-order chi connectivity index (χ0) is 28.6. The molecular weight excluding hydrogens is 488 g/mol. The Hall–Kier alpha value is -3.40. The van der Waals surface area contributed by atoms with Gasteiger partial charge in [0.25, 0.3) is 5.91 Å². The van der Waals surface area contributed by atoms with Crippen LogP contribution in [0.4, 0.5) is 0 Å². The van der Waals surface area contributed by atoms with Gasteiger partial charge in [-0.1, -0.05) is 33.4 Å². The number of benzene rings is 1. The van der Waals surface area contributed by atoms with Crippen molar-refractivity contribution in [3.05, 3.63) is 64.0 Å². The van der Waals surface area contributed by atoms with Gasteiger partial charge in [-0.15, -0.1) is 0 Å². The topological polar surface area (TPSA) is 165 Å². The lowest BCUT2D eigenvalue weighted by Gasteiger charge is -2.55. The van der Waals surface area contributed by atoms with E-state index in [1.165, 1.54) is 4.90 Å². The molecule has 0 aromatic heterocycles. The van der Waals surface area contributed by atoms with Crippen molar-refractivity contribution >= 4 is 23.0 Å². The van der Waals surface area contributed by atoms with Crippen LogP contribution in [0.5, 0.6) is 5.75 Å². The van der Waals surface area contributed by atoms with E-state index >= 15 is 0 Å². The molecule has 4 rings (SSSR count). The molecule has 0 heterocycles. The SMILES string of the molecule is C=C(C)c1cc(CCC)c2c(c1O)C(O)=C1C(=O)[C@]3(O)C(=C)C(C(N)=O)=C(O)[C@@H](N(C)C)[C@@H]3[C@@H](O)[C@@H]1[C@H]2C. The van der Waals surface area contributed by atoms with Crippen LogP contribution in [-0.4, -0.2) is 74.0 Å². The third-order valence-corrected chi connectivity index (χ3v) is 8.47. The van der Waals surface area contributed by atoms with Crippen LogP contribution in [0, 0.1) is 11.8 Å². The van der Waals surface area contributed by atoms with Crippen LogP contribution in [0.15, 0.2) is 41.7 Å². The minimum absolute atomic E-state index is 0.0643. The minimum atomic E-state index is -2.56. The Labute approximate surface area is 221 Å². The molecule has 0 radical (unpaired) electrons. The first-order valence-corrected chi connectivity index (χ1v) is 12.7. The Morgan fingerprint density at radius 2 is 1.84 bits per heavy atom. The van der Waals surface area contributed by atoms with Crippen LogP contribution >= 0.6 is 0 Å². The lowest BCUT2D eigenvalue weighted by atomic mass is 9.53. The average molecular weight is 525 g/mol. The third kappa shape index (κ3) is 3.42. The number of aryl methyl sites for hydroxylation is 1. The number of carbonyl (C=O) groups is 2. The fraction of sp³-hybridized carbons (Fsp3) is 0.448. The number of aliphatic hydroxyl groups excluding tert-OH is 3. The van der Waals surface area contributed by atoms with Crippen LogP contribution in [0.25, 0.3) is 11.3 Å². The number of aliphatic hydroxyl groups is 4. The second kappa shape index (κ2) is 9.11. The number of carbonyl (C=O) groups excluding carboxylic acids is 2. The number of aromatic hydroxyl groups is 1. The van der Waals surface area contributed by atoms with Crippen molar-refractivity contribution in [3.63, 3.8) is 0 Å². The molecule has 0 bridgehead atoms. The summed E-state index contributed by atoms with van der Waals surface area (Å²) in [6.07, 6.45) is -0.0818. The van der Waals surface area contributed by atoms with E-state index in [0.29, 0.717) is 23.1 Å². The largest absolute Gasteiger partial charge is 0.510 e. The molecule has 6 atom stereocenters. The number of rotatable bonds is 5. The van der Waals surface area contributed by atoms with Gasteiger partial charge in [-0.05, 0) is 56.1 Å². The van der Waals surface area contributed by atoms with Gasteiger partial charge in [0.2, 0.25) is 0 Å². The van der Waals surface area contributed by atoms with E-state index in [-0.39, 0.29) is 16.9 Å². The normalized spacial score (nSPS) is 30.8. The molecule has 0 spiro atoms. The maximum atomic E-state index is 14.2. The van der Waals surface area contributed by atoms with Gasteiger partial charge in [0.1, 0.15) is 17.3 Å². The van der Waals surface area contributed by atoms with Gasteiger partial charge in [-0.2, -0.15) is 0 Å². The molecule has 0 aliphatic heterocycles. The number of allylic oxidation sites excluding steroid dienone is 1. The molecule has 1 fully saturated rings. The summed E-state index contributed by atoms with van der Waals surface area (Å²) in [5.74, 6) is -6.23. The molecule has 0 saturated heterocycles. The van der Waals surface area contributed by atoms with E-state index in [9.17, 15) is 35.1 Å². The molecule has 38 heavy (non-hydrogen) atoms. The smallest absolute Gasteiger partial charge is 0.252 e. The maximum absolute atomic E-state index is 14.2. The molecule has 7 N–H and O–H groups in total. The summed E-state index contributed by atoms with van der Waals surface area (Å²) >= 11 is 0. The summed E-state index contributed by atoms with van der Waals surface area (Å²) in [6, 6.07) is 0.666. The Kier molecular flexibility index (Phi) is 6.63. The van der Waals surface area contributed by atoms with E-state index in [0.717, 1.165) is 12.0 Å². The van der Waals surface area contributed by atoms with Gasteiger partial charge in [0, 0.05) is 28.5 Å². The number of hydrogen-bond acceptors (Lipinski definition) is 8. The Morgan fingerprint density at radius 1 is 1.24 bits per heavy atom. The first-order valence-electron chi connectivity index (χ1n) is 12.7. The zero-order valence-electron chi connectivity index (χ0n) is 22.4. The lowest BCUT2D eigenvalue weighted by Crippen LogP contribution is -2.68. The van der Waals surface area contributed by atoms with Gasteiger partial charge in [-0.3, -0.25) is 14.5 Å². The highest BCUT2D eigenvalue weighted by Gasteiger charge is 2.66. The van der Waals surface area contributed by atoms with Gasteiger partial charge < -0.3 is 31.3 Å².